The predicted molar refractivity (Wildman–Crippen MR) is 153 cm³/mol. The molecule has 2 saturated heterocycles. The second-order valence-corrected chi connectivity index (χ2v) is 11.4. The van der Waals surface area contributed by atoms with Crippen LogP contribution >= 0.6 is 0 Å². The smallest absolute Gasteiger partial charge is 0.303 e. The van der Waals surface area contributed by atoms with Crippen molar-refractivity contribution in [2.45, 2.75) is 115 Å². The molecule has 7 atom stereocenters. The van der Waals surface area contributed by atoms with E-state index in [4.69, 9.17) is 33.5 Å². The van der Waals surface area contributed by atoms with Crippen LogP contribution in [-0.4, -0.2) is 79.6 Å². The molecule has 230 valence electrons. The Morgan fingerprint density at radius 2 is 1.85 bits per heavy atom. The molecular formula is C32H48O9. The highest BCUT2D eigenvalue weighted by Crippen LogP contribution is 2.36. The van der Waals surface area contributed by atoms with Crippen molar-refractivity contribution in [3.63, 3.8) is 0 Å². The maximum Gasteiger partial charge on any atom is 0.303 e. The van der Waals surface area contributed by atoms with E-state index in [1.54, 1.807) is 0 Å². The van der Waals surface area contributed by atoms with E-state index < -0.39 is 12.1 Å². The Morgan fingerprint density at radius 3 is 2.56 bits per heavy atom. The Kier molecular flexibility index (Phi) is 13.4. The molecule has 0 radical (unpaired) electrons. The number of unbranched alkanes of at least 4 members (excludes halogenated alkanes) is 1. The van der Waals surface area contributed by atoms with Gasteiger partial charge in [0.2, 0.25) is 0 Å². The van der Waals surface area contributed by atoms with Crippen molar-refractivity contribution in [3.8, 4) is 5.75 Å². The van der Waals surface area contributed by atoms with Gasteiger partial charge in [-0.15, -0.1) is 0 Å². The number of allylic oxidation sites excluding steroid dienone is 2. The molecule has 41 heavy (non-hydrogen) atoms. The molecule has 1 saturated carbocycles. The highest BCUT2D eigenvalue weighted by atomic mass is 16.7. The van der Waals surface area contributed by atoms with Gasteiger partial charge in [0.25, 0.3) is 0 Å². The van der Waals surface area contributed by atoms with Crippen molar-refractivity contribution in [2.24, 2.45) is 5.92 Å². The van der Waals surface area contributed by atoms with E-state index in [0.29, 0.717) is 45.5 Å². The van der Waals surface area contributed by atoms with Gasteiger partial charge < -0.3 is 38.6 Å². The maximum absolute atomic E-state index is 11.1. The third-order valence-electron chi connectivity index (χ3n) is 7.94. The first-order valence-corrected chi connectivity index (χ1v) is 15.4. The monoisotopic (exact) mass is 576 g/mol. The minimum Gasteiger partial charge on any atom is -0.491 e. The summed E-state index contributed by atoms with van der Waals surface area (Å²) < 4.78 is 37.1. The molecule has 3 aliphatic rings. The van der Waals surface area contributed by atoms with Gasteiger partial charge in [-0.3, -0.25) is 4.79 Å². The van der Waals surface area contributed by atoms with Crippen molar-refractivity contribution in [3.05, 3.63) is 42.0 Å². The number of aryl methyl sites for hydroxylation is 1. The molecule has 2 heterocycles. The van der Waals surface area contributed by atoms with E-state index in [-0.39, 0.29) is 49.8 Å². The fourth-order valence-corrected chi connectivity index (χ4v) is 5.73. The second kappa shape index (κ2) is 17.2. The van der Waals surface area contributed by atoms with Gasteiger partial charge in [0.1, 0.15) is 18.5 Å². The van der Waals surface area contributed by atoms with Crippen LogP contribution in [0.2, 0.25) is 0 Å². The summed E-state index contributed by atoms with van der Waals surface area (Å²) >= 11 is 0. The minimum atomic E-state index is -0.787. The summed E-state index contributed by atoms with van der Waals surface area (Å²) in [6.07, 6.45) is 10.2. The number of aliphatic hydroxyl groups is 1. The molecule has 7 unspecified atom stereocenters. The number of carboxylic acids is 1. The molecule has 1 aliphatic carbocycles. The lowest BCUT2D eigenvalue weighted by molar-refractivity contribution is -0.226. The van der Waals surface area contributed by atoms with Gasteiger partial charge in [0, 0.05) is 32.0 Å². The van der Waals surface area contributed by atoms with Crippen molar-refractivity contribution < 1.29 is 43.4 Å². The normalized spacial score (nSPS) is 29.5. The molecule has 2 N–H and O–H groups in total. The zero-order valence-electron chi connectivity index (χ0n) is 24.4. The molecule has 3 fully saturated rings. The number of ether oxygens (including phenoxy) is 6. The zero-order chi connectivity index (χ0) is 28.9. The van der Waals surface area contributed by atoms with Crippen molar-refractivity contribution in [2.75, 3.05) is 26.4 Å². The van der Waals surface area contributed by atoms with Gasteiger partial charge in [0.05, 0.1) is 24.9 Å². The molecule has 9 nitrogen and oxygen atoms in total. The Morgan fingerprint density at radius 1 is 1.07 bits per heavy atom. The number of carbonyl (C=O) groups is 1. The number of hydrogen-bond acceptors (Lipinski definition) is 8. The van der Waals surface area contributed by atoms with Crippen LogP contribution in [0.25, 0.3) is 0 Å². The van der Waals surface area contributed by atoms with Gasteiger partial charge in [-0.25, -0.2) is 0 Å². The van der Waals surface area contributed by atoms with Crippen LogP contribution in [0.4, 0.5) is 0 Å². The Hall–Kier alpha value is -2.01. The fraction of sp³-hybridized carbons (Fsp3) is 0.719. The first kappa shape index (κ1) is 31.9. The van der Waals surface area contributed by atoms with Crippen molar-refractivity contribution in [1.29, 1.82) is 0 Å². The summed E-state index contributed by atoms with van der Waals surface area (Å²) in [6.45, 7) is 3.98. The molecule has 0 aromatic heterocycles. The molecule has 0 amide bonds. The summed E-state index contributed by atoms with van der Waals surface area (Å²) in [4.78, 5) is 10.8. The largest absolute Gasteiger partial charge is 0.491 e. The summed E-state index contributed by atoms with van der Waals surface area (Å²) in [5, 5.41) is 19.9. The van der Waals surface area contributed by atoms with Gasteiger partial charge in [-0.1, -0.05) is 24.3 Å². The molecule has 9 heteroatoms. The molecular weight excluding hydrogens is 528 g/mol. The summed E-state index contributed by atoms with van der Waals surface area (Å²) in [7, 11) is 0. The predicted octanol–water partition coefficient (Wildman–Crippen LogP) is 5.16. The maximum atomic E-state index is 11.1. The number of carboxylic acid groups (broad SMARTS) is 1. The van der Waals surface area contributed by atoms with Crippen LogP contribution < -0.4 is 4.74 Å². The molecule has 4 rings (SSSR count). The van der Waals surface area contributed by atoms with E-state index in [0.717, 1.165) is 49.8 Å². The highest BCUT2D eigenvalue weighted by molar-refractivity contribution is 5.66. The highest BCUT2D eigenvalue weighted by Gasteiger charge is 2.45. The van der Waals surface area contributed by atoms with Gasteiger partial charge in [-0.05, 0) is 82.4 Å². The van der Waals surface area contributed by atoms with E-state index in [9.17, 15) is 9.90 Å². The van der Waals surface area contributed by atoms with Crippen LogP contribution in [0.1, 0.15) is 76.2 Å². The quantitative estimate of drug-likeness (QED) is 0.203. The van der Waals surface area contributed by atoms with Crippen molar-refractivity contribution in [1.82, 2.24) is 0 Å². The van der Waals surface area contributed by atoms with Crippen molar-refractivity contribution >= 4 is 5.97 Å². The van der Waals surface area contributed by atoms with E-state index in [1.165, 1.54) is 0 Å². The van der Waals surface area contributed by atoms with Crippen LogP contribution in [0.5, 0.6) is 5.75 Å². The standard InChI is InChI=1S/C32H48O9/c1-23-11-10-12-24(19-23)38-21-25(40-30-15-6-8-17-36-30)22-39-32-26(13-4-2-3-5-14-29(34)35)27(33)20-28(32)41-31-16-7-9-18-37-31/h2,4,10-12,19,25-28,30-33H,3,5-9,13-18,20-22H2,1H3,(H,34,35)/b4-2+. The Balaban J connectivity index is 1.40. The SMILES string of the molecule is Cc1cccc(OCC(COC2C(OC3CCCCO3)CC(O)C2C/C=C/CCCC(=O)O)OC2CCCCO2)c1. The topological polar surface area (TPSA) is 113 Å². The number of benzene rings is 1. The number of aliphatic hydroxyl groups excluding tert-OH is 1. The van der Waals surface area contributed by atoms with Gasteiger partial charge in [-0.2, -0.15) is 0 Å². The summed E-state index contributed by atoms with van der Waals surface area (Å²) in [5.41, 5.74) is 1.12. The zero-order valence-corrected chi connectivity index (χ0v) is 24.4. The number of hydrogen-bond donors (Lipinski definition) is 2. The Bertz CT molecular complexity index is 925. The van der Waals surface area contributed by atoms with Crippen LogP contribution in [-0.2, 0) is 28.5 Å². The van der Waals surface area contributed by atoms with Crippen LogP contribution in [0.15, 0.2) is 36.4 Å². The lowest BCUT2D eigenvalue weighted by Gasteiger charge is -2.32. The van der Waals surface area contributed by atoms with E-state index >= 15 is 0 Å². The molecule has 2 aliphatic heterocycles. The Labute approximate surface area is 244 Å². The van der Waals surface area contributed by atoms with E-state index in [1.807, 2.05) is 43.3 Å². The average Bonchev–Trinajstić information content (AvgIpc) is 3.26. The molecule has 0 bridgehead atoms. The van der Waals surface area contributed by atoms with E-state index in [2.05, 4.69) is 0 Å². The number of rotatable bonds is 16. The molecule has 1 aromatic rings. The summed E-state index contributed by atoms with van der Waals surface area (Å²) in [6, 6.07) is 7.93. The first-order chi connectivity index (χ1) is 20.0. The summed E-state index contributed by atoms with van der Waals surface area (Å²) in [5.74, 6) is -0.172. The lowest BCUT2D eigenvalue weighted by atomic mass is 9.98. The lowest BCUT2D eigenvalue weighted by Crippen LogP contribution is -2.40. The second-order valence-electron chi connectivity index (χ2n) is 11.4. The van der Waals surface area contributed by atoms with Crippen LogP contribution in [0.3, 0.4) is 0 Å². The average molecular weight is 577 g/mol. The minimum absolute atomic E-state index is 0.149. The number of aliphatic carboxylic acids is 1. The van der Waals surface area contributed by atoms with Gasteiger partial charge >= 0.3 is 5.97 Å². The fourth-order valence-electron chi connectivity index (χ4n) is 5.73. The molecule has 0 spiro atoms. The first-order valence-electron chi connectivity index (χ1n) is 15.4. The van der Waals surface area contributed by atoms with Crippen LogP contribution in [0, 0.1) is 12.8 Å². The third-order valence-corrected chi connectivity index (χ3v) is 7.94. The van der Waals surface area contributed by atoms with Gasteiger partial charge in [0.15, 0.2) is 12.6 Å². The third kappa shape index (κ3) is 11.0. The molecule has 1 aromatic carbocycles.